The topological polar surface area (TPSA) is 64.6 Å². The van der Waals surface area contributed by atoms with Crippen LogP contribution in [0.3, 0.4) is 0 Å². The Bertz CT molecular complexity index is 246. The molecular weight excluding hydrogens is 128 g/mol. The number of epoxide rings is 1. The van der Waals surface area contributed by atoms with Gasteiger partial charge in [-0.1, -0.05) is 6.08 Å². The molecule has 4 N–H and O–H groups in total. The molecule has 0 bridgehead atoms. The van der Waals surface area contributed by atoms with Crippen LogP contribution in [0.2, 0.25) is 0 Å². The van der Waals surface area contributed by atoms with Gasteiger partial charge in [0.1, 0.15) is 5.60 Å². The molecule has 10 heavy (non-hydrogen) atoms. The van der Waals surface area contributed by atoms with Crippen LogP contribution in [-0.2, 0) is 4.74 Å². The quantitative estimate of drug-likeness (QED) is 0.457. The van der Waals surface area contributed by atoms with Crippen molar-refractivity contribution in [3.8, 4) is 0 Å². The molecule has 2 unspecified atom stereocenters. The molecule has 0 aromatic heterocycles. The summed E-state index contributed by atoms with van der Waals surface area (Å²) in [6, 6.07) is 0. The van der Waals surface area contributed by atoms with Gasteiger partial charge in [-0.3, -0.25) is 5.73 Å². The third-order valence-electron chi connectivity index (χ3n) is 2.19. The number of hydrogen-bond donors (Lipinski definition) is 2. The second-order valence-electron chi connectivity index (χ2n) is 2.93. The highest BCUT2D eigenvalue weighted by atomic mass is 16.6. The maximum Gasteiger partial charge on any atom is 0.191 e. The summed E-state index contributed by atoms with van der Waals surface area (Å²) in [6.45, 7) is 1.92. The Balaban J connectivity index is 2.44. The zero-order chi connectivity index (χ0) is 7.41. The predicted octanol–water partition coefficient (Wildman–Crippen LogP) is -0.157. The lowest BCUT2D eigenvalue weighted by molar-refractivity contribution is 0.309. The first-order chi connectivity index (χ1) is 4.58. The molecule has 0 aromatic carbocycles. The fourth-order valence-corrected chi connectivity index (χ4v) is 1.27. The minimum absolute atomic E-state index is 0.341. The molecule has 1 aliphatic heterocycles. The highest BCUT2D eigenvalue weighted by molar-refractivity contribution is 5.41. The summed E-state index contributed by atoms with van der Waals surface area (Å²) < 4.78 is 5.26. The van der Waals surface area contributed by atoms with E-state index < -0.39 is 5.72 Å². The fourth-order valence-electron chi connectivity index (χ4n) is 1.27. The fraction of sp³-hybridized carbons (Fsp3) is 0.429. The second kappa shape index (κ2) is 1.28. The number of allylic oxidation sites excluding steroid dienone is 2. The zero-order valence-corrected chi connectivity index (χ0v) is 5.79. The molecule has 3 heteroatoms. The van der Waals surface area contributed by atoms with Gasteiger partial charge in [0.2, 0.25) is 0 Å². The van der Waals surface area contributed by atoms with Gasteiger partial charge in [-0.25, -0.2) is 0 Å². The summed E-state index contributed by atoms with van der Waals surface area (Å²) in [4.78, 5) is 0. The van der Waals surface area contributed by atoms with E-state index >= 15 is 0 Å². The van der Waals surface area contributed by atoms with E-state index in [4.69, 9.17) is 16.2 Å². The van der Waals surface area contributed by atoms with Crippen molar-refractivity contribution in [1.82, 2.24) is 0 Å². The van der Waals surface area contributed by atoms with Crippen molar-refractivity contribution in [1.29, 1.82) is 0 Å². The Hall–Kier alpha value is -0.800. The van der Waals surface area contributed by atoms with Crippen molar-refractivity contribution in [2.75, 3.05) is 0 Å². The van der Waals surface area contributed by atoms with Crippen LogP contribution in [0.15, 0.2) is 23.9 Å². The molecule has 1 aliphatic carbocycles. The molecule has 1 saturated heterocycles. The van der Waals surface area contributed by atoms with Gasteiger partial charge in [0.05, 0.1) is 5.70 Å². The Kier molecular flexibility index (Phi) is 0.763. The van der Waals surface area contributed by atoms with E-state index in [1.54, 1.807) is 6.08 Å². The molecule has 1 heterocycles. The van der Waals surface area contributed by atoms with Crippen LogP contribution in [0.1, 0.15) is 6.92 Å². The Morgan fingerprint density at radius 3 is 2.80 bits per heavy atom. The summed E-state index contributed by atoms with van der Waals surface area (Å²) in [6.07, 6.45) is 5.56. The largest absolute Gasteiger partial charge is 0.398 e. The number of fused-ring (bicyclic) bond motifs is 1. The van der Waals surface area contributed by atoms with Crippen LogP contribution < -0.4 is 11.5 Å². The van der Waals surface area contributed by atoms with Gasteiger partial charge < -0.3 is 10.5 Å². The van der Waals surface area contributed by atoms with Gasteiger partial charge in [0.25, 0.3) is 0 Å². The van der Waals surface area contributed by atoms with Gasteiger partial charge in [0.15, 0.2) is 5.72 Å². The average molecular weight is 138 g/mol. The molecule has 2 rings (SSSR count). The van der Waals surface area contributed by atoms with Crippen LogP contribution in [-0.4, -0.2) is 11.3 Å². The second-order valence-corrected chi connectivity index (χ2v) is 2.93. The van der Waals surface area contributed by atoms with Crippen molar-refractivity contribution < 1.29 is 4.74 Å². The highest BCUT2D eigenvalue weighted by Crippen LogP contribution is 2.49. The van der Waals surface area contributed by atoms with Gasteiger partial charge in [0, 0.05) is 0 Å². The van der Waals surface area contributed by atoms with E-state index in [0.717, 1.165) is 0 Å². The lowest BCUT2D eigenvalue weighted by Gasteiger charge is -2.12. The summed E-state index contributed by atoms with van der Waals surface area (Å²) in [5.74, 6) is 0. The summed E-state index contributed by atoms with van der Waals surface area (Å²) in [5, 5.41) is 0. The van der Waals surface area contributed by atoms with E-state index in [1.165, 1.54) is 0 Å². The van der Waals surface area contributed by atoms with Gasteiger partial charge in [-0.15, -0.1) is 0 Å². The first-order valence-corrected chi connectivity index (χ1v) is 3.23. The van der Waals surface area contributed by atoms with Crippen LogP contribution in [0.4, 0.5) is 0 Å². The molecule has 3 nitrogen and oxygen atoms in total. The number of ether oxygens (including phenoxy) is 1. The molecule has 0 amide bonds. The summed E-state index contributed by atoms with van der Waals surface area (Å²) in [5.41, 5.74) is 10.9. The molecule has 1 fully saturated rings. The zero-order valence-electron chi connectivity index (χ0n) is 5.79. The maximum absolute atomic E-state index is 5.76. The van der Waals surface area contributed by atoms with Crippen molar-refractivity contribution in [2.45, 2.75) is 18.2 Å². The Morgan fingerprint density at radius 2 is 2.30 bits per heavy atom. The average Bonchev–Trinajstić information content (AvgIpc) is 2.38. The molecule has 2 aliphatic rings. The predicted molar refractivity (Wildman–Crippen MR) is 37.8 cm³/mol. The molecule has 0 aromatic rings. The molecule has 54 valence electrons. The van der Waals surface area contributed by atoms with E-state index in [1.807, 2.05) is 19.1 Å². The first kappa shape index (κ1) is 5.95. The molecule has 0 spiro atoms. The van der Waals surface area contributed by atoms with E-state index in [0.29, 0.717) is 5.70 Å². The highest BCUT2D eigenvalue weighted by Gasteiger charge is 2.65. The van der Waals surface area contributed by atoms with Crippen molar-refractivity contribution >= 4 is 0 Å². The monoisotopic (exact) mass is 138 g/mol. The van der Waals surface area contributed by atoms with Crippen molar-refractivity contribution in [2.24, 2.45) is 11.5 Å². The Labute approximate surface area is 59.3 Å². The normalized spacial score (nSPS) is 50.0. The lowest BCUT2D eigenvalue weighted by atomic mass is 9.95. The van der Waals surface area contributed by atoms with Gasteiger partial charge in [-0.05, 0) is 19.1 Å². The van der Waals surface area contributed by atoms with E-state index in [9.17, 15) is 0 Å². The van der Waals surface area contributed by atoms with Crippen molar-refractivity contribution in [3.63, 3.8) is 0 Å². The van der Waals surface area contributed by atoms with E-state index in [2.05, 4.69) is 0 Å². The summed E-state index contributed by atoms with van der Waals surface area (Å²) in [7, 11) is 0. The third-order valence-corrected chi connectivity index (χ3v) is 2.19. The van der Waals surface area contributed by atoms with E-state index in [-0.39, 0.29) is 5.60 Å². The number of rotatable bonds is 0. The van der Waals surface area contributed by atoms with Crippen LogP contribution in [0.25, 0.3) is 0 Å². The minimum Gasteiger partial charge on any atom is -0.398 e. The molecular formula is C7H10N2O. The smallest absolute Gasteiger partial charge is 0.191 e. The maximum atomic E-state index is 5.76. The first-order valence-electron chi connectivity index (χ1n) is 3.23. The van der Waals surface area contributed by atoms with Crippen LogP contribution in [0, 0.1) is 0 Å². The molecule has 2 atom stereocenters. The number of hydrogen-bond acceptors (Lipinski definition) is 3. The van der Waals surface area contributed by atoms with Gasteiger partial charge in [-0.2, -0.15) is 0 Å². The lowest BCUT2D eigenvalue weighted by Crippen LogP contribution is -2.39. The molecule has 0 saturated carbocycles. The van der Waals surface area contributed by atoms with Crippen molar-refractivity contribution in [3.05, 3.63) is 23.9 Å². The Morgan fingerprint density at radius 1 is 1.60 bits per heavy atom. The molecule has 0 radical (unpaired) electrons. The third kappa shape index (κ3) is 0.436. The van der Waals surface area contributed by atoms with Gasteiger partial charge >= 0.3 is 0 Å². The number of nitrogens with two attached hydrogens (primary N) is 2. The SMILES string of the molecule is CC12C=CC=C(N)C1(N)O2. The standard InChI is InChI=1S/C7H10N2O/c1-6-4-2-3-5(8)7(6,9)10-6/h2-4H,8-9H2,1H3. The van der Waals surface area contributed by atoms with Crippen LogP contribution in [0.5, 0.6) is 0 Å². The summed E-state index contributed by atoms with van der Waals surface area (Å²) >= 11 is 0. The minimum atomic E-state index is -0.707. The van der Waals surface area contributed by atoms with Crippen LogP contribution >= 0.6 is 0 Å².